The van der Waals surface area contributed by atoms with Gasteiger partial charge in [0.1, 0.15) is 11.5 Å². The van der Waals surface area contributed by atoms with Crippen LogP contribution >= 0.6 is 15.9 Å². The summed E-state index contributed by atoms with van der Waals surface area (Å²) in [7, 11) is 0. The van der Waals surface area contributed by atoms with Crippen molar-refractivity contribution >= 4 is 15.9 Å². The van der Waals surface area contributed by atoms with Crippen molar-refractivity contribution in [3.8, 4) is 11.3 Å². The Balaban J connectivity index is 2.67. The highest BCUT2D eigenvalue weighted by Gasteiger charge is 2.32. The van der Waals surface area contributed by atoms with Crippen molar-refractivity contribution in [2.75, 3.05) is 0 Å². The van der Waals surface area contributed by atoms with E-state index >= 15 is 0 Å². The van der Waals surface area contributed by atoms with Crippen LogP contribution in [-0.4, -0.2) is 9.97 Å². The molecule has 0 spiro atoms. The zero-order valence-corrected chi connectivity index (χ0v) is 10.6. The molecule has 0 amide bonds. The maximum Gasteiger partial charge on any atom is 0.431 e. The van der Waals surface area contributed by atoms with Crippen LogP contribution in [0.25, 0.3) is 11.3 Å². The average Bonchev–Trinajstić information content (AvgIpc) is 2.31. The molecule has 2 rings (SSSR count). The second-order valence-electron chi connectivity index (χ2n) is 3.58. The van der Waals surface area contributed by atoms with Gasteiger partial charge in [-0.2, -0.15) is 18.2 Å². The smallest absolute Gasteiger partial charge is 0.302 e. The number of hydrogen-bond acceptors (Lipinski definition) is 2. The van der Waals surface area contributed by atoms with Gasteiger partial charge in [-0.25, -0.2) is 9.18 Å². The van der Waals surface area contributed by atoms with Crippen molar-refractivity contribution in [1.29, 1.82) is 0 Å². The van der Waals surface area contributed by atoms with Crippen molar-refractivity contribution < 1.29 is 17.6 Å². The van der Waals surface area contributed by atoms with Gasteiger partial charge in [-0.1, -0.05) is 6.07 Å². The molecule has 19 heavy (non-hydrogen) atoms. The van der Waals surface area contributed by atoms with E-state index in [4.69, 9.17) is 0 Å². The summed E-state index contributed by atoms with van der Waals surface area (Å²) >= 11 is 2.91. The quantitative estimate of drug-likeness (QED) is 0.811. The zero-order chi connectivity index (χ0) is 14.2. The number of hydrogen-bond donors (Lipinski definition) is 1. The van der Waals surface area contributed by atoms with Gasteiger partial charge in [0.2, 0.25) is 0 Å². The van der Waals surface area contributed by atoms with E-state index < -0.39 is 23.4 Å². The number of alkyl halides is 3. The van der Waals surface area contributed by atoms with Crippen LogP contribution < -0.4 is 5.69 Å². The first-order valence-electron chi connectivity index (χ1n) is 4.92. The summed E-state index contributed by atoms with van der Waals surface area (Å²) < 4.78 is 51.5. The number of H-pyrrole nitrogens is 1. The Labute approximate surface area is 112 Å². The second-order valence-corrected chi connectivity index (χ2v) is 4.44. The third-order valence-electron chi connectivity index (χ3n) is 2.28. The van der Waals surface area contributed by atoms with Crippen molar-refractivity contribution in [1.82, 2.24) is 9.97 Å². The fourth-order valence-corrected chi connectivity index (χ4v) is 1.82. The first kappa shape index (κ1) is 13.7. The van der Waals surface area contributed by atoms with E-state index in [1.165, 1.54) is 18.2 Å². The molecule has 100 valence electrons. The Morgan fingerprint density at radius 2 is 1.95 bits per heavy atom. The summed E-state index contributed by atoms with van der Waals surface area (Å²) in [6, 6.07) is 4.64. The highest BCUT2D eigenvalue weighted by molar-refractivity contribution is 9.10. The first-order valence-corrected chi connectivity index (χ1v) is 5.71. The lowest BCUT2D eigenvalue weighted by Gasteiger charge is -2.08. The standard InChI is InChI=1S/C11H5BrF4N2O/c12-6-3-1-2-5(9(6)13)7-4-8(11(14,15)16)18-10(19)17-7/h1-4H,(H,17,18,19). The molecule has 1 aromatic carbocycles. The third-order valence-corrected chi connectivity index (χ3v) is 2.89. The van der Waals surface area contributed by atoms with Crippen molar-refractivity contribution in [3.63, 3.8) is 0 Å². The maximum absolute atomic E-state index is 13.8. The predicted octanol–water partition coefficient (Wildman–Crippen LogP) is 3.36. The highest BCUT2D eigenvalue weighted by atomic mass is 79.9. The van der Waals surface area contributed by atoms with E-state index in [2.05, 4.69) is 20.9 Å². The molecule has 0 bridgehead atoms. The second kappa shape index (κ2) is 4.76. The molecular formula is C11H5BrF4N2O. The SMILES string of the molecule is O=c1nc(-c2cccc(Br)c2F)cc(C(F)(F)F)[nH]1. The topological polar surface area (TPSA) is 45.8 Å². The lowest BCUT2D eigenvalue weighted by molar-refractivity contribution is -0.141. The summed E-state index contributed by atoms with van der Waals surface area (Å²) in [6.45, 7) is 0. The van der Waals surface area contributed by atoms with E-state index in [0.717, 1.165) is 0 Å². The Morgan fingerprint density at radius 3 is 2.58 bits per heavy atom. The number of nitrogens with one attached hydrogen (secondary N) is 1. The van der Waals surface area contributed by atoms with Crippen molar-refractivity contribution in [2.24, 2.45) is 0 Å². The van der Waals surface area contributed by atoms with Crippen LogP contribution in [0.3, 0.4) is 0 Å². The van der Waals surface area contributed by atoms with Crippen LogP contribution in [0.1, 0.15) is 5.69 Å². The number of benzene rings is 1. The molecule has 2 aromatic rings. The minimum atomic E-state index is -4.74. The molecule has 1 heterocycles. The van der Waals surface area contributed by atoms with Crippen LogP contribution in [0.4, 0.5) is 17.6 Å². The molecule has 3 nitrogen and oxygen atoms in total. The van der Waals surface area contributed by atoms with Crippen LogP contribution in [0, 0.1) is 5.82 Å². The molecule has 8 heteroatoms. The third kappa shape index (κ3) is 2.83. The van der Waals surface area contributed by atoms with Crippen molar-refractivity contribution in [3.05, 3.63) is 50.7 Å². The minimum absolute atomic E-state index is 0.0700. The van der Waals surface area contributed by atoms with Gasteiger partial charge in [0.05, 0.1) is 10.2 Å². The Kier molecular flexibility index (Phi) is 3.44. The van der Waals surface area contributed by atoms with E-state index in [1.54, 1.807) is 4.98 Å². The molecule has 0 saturated carbocycles. The number of aromatic amines is 1. The highest BCUT2D eigenvalue weighted by Crippen LogP contribution is 2.31. The number of halogens is 5. The summed E-state index contributed by atoms with van der Waals surface area (Å²) in [5.41, 5.74) is -3.04. The molecular weight excluding hydrogens is 332 g/mol. The number of rotatable bonds is 1. The summed E-state index contributed by atoms with van der Waals surface area (Å²) in [6.07, 6.45) is -4.74. The van der Waals surface area contributed by atoms with Crippen LogP contribution in [-0.2, 0) is 6.18 Å². The van der Waals surface area contributed by atoms with Gasteiger partial charge in [-0.3, -0.25) is 0 Å². The summed E-state index contributed by atoms with van der Waals surface area (Å²) in [4.78, 5) is 16.0. The number of aromatic nitrogens is 2. The molecule has 0 fully saturated rings. The summed E-state index contributed by atoms with van der Waals surface area (Å²) in [5, 5.41) is 0. The van der Waals surface area contributed by atoms with Gasteiger partial charge in [0.25, 0.3) is 0 Å². The molecule has 1 aromatic heterocycles. The molecule has 0 unspecified atom stereocenters. The van der Waals surface area contributed by atoms with Gasteiger partial charge in [-0.05, 0) is 34.1 Å². The number of nitrogens with zero attached hydrogens (tertiary/aromatic N) is 1. The van der Waals surface area contributed by atoms with E-state index in [0.29, 0.717) is 6.07 Å². The van der Waals surface area contributed by atoms with Gasteiger partial charge in [-0.15, -0.1) is 0 Å². The van der Waals surface area contributed by atoms with E-state index in [-0.39, 0.29) is 15.7 Å². The minimum Gasteiger partial charge on any atom is -0.302 e. The fraction of sp³-hybridized carbons (Fsp3) is 0.0909. The molecule has 0 aliphatic rings. The van der Waals surface area contributed by atoms with Gasteiger partial charge < -0.3 is 4.98 Å². The predicted molar refractivity (Wildman–Crippen MR) is 63.0 cm³/mol. The zero-order valence-electron chi connectivity index (χ0n) is 9.05. The maximum atomic E-state index is 13.8. The average molecular weight is 337 g/mol. The van der Waals surface area contributed by atoms with Gasteiger partial charge >= 0.3 is 11.9 Å². The van der Waals surface area contributed by atoms with Crippen LogP contribution in [0.15, 0.2) is 33.5 Å². The Morgan fingerprint density at radius 1 is 1.26 bits per heavy atom. The Hall–Kier alpha value is -1.70. The molecule has 0 radical (unpaired) electrons. The summed E-state index contributed by atoms with van der Waals surface area (Å²) in [5.74, 6) is -0.784. The molecule has 0 saturated heterocycles. The lowest BCUT2D eigenvalue weighted by Crippen LogP contribution is -2.19. The molecule has 0 aliphatic carbocycles. The van der Waals surface area contributed by atoms with Gasteiger partial charge in [0, 0.05) is 5.56 Å². The van der Waals surface area contributed by atoms with Crippen LogP contribution in [0.5, 0.6) is 0 Å². The van der Waals surface area contributed by atoms with Gasteiger partial charge in [0.15, 0.2) is 0 Å². The van der Waals surface area contributed by atoms with E-state index in [1.807, 2.05) is 0 Å². The van der Waals surface area contributed by atoms with E-state index in [9.17, 15) is 22.4 Å². The molecule has 0 atom stereocenters. The lowest BCUT2D eigenvalue weighted by atomic mass is 10.1. The monoisotopic (exact) mass is 336 g/mol. The largest absolute Gasteiger partial charge is 0.431 e. The first-order chi connectivity index (χ1) is 8.79. The molecule has 1 N–H and O–H groups in total. The Bertz CT molecular complexity index is 681. The van der Waals surface area contributed by atoms with Crippen LogP contribution in [0.2, 0.25) is 0 Å². The molecule has 0 aliphatic heterocycles. The van der Waals surface area contributed by atoms with Crippen molar-refractivity contribution in [2.45, 2.75) is 6.18 Å². The fourth-order valence-electron chi connectivity index (χ4n) is 1.45. The normalized spacial score (nSPS) is 11.6.